The lowest BCUT2D eigenvalue weighted by molar-refractivity contribution is 0.556. The summed E-state index contributed by atoms with van der Waals surface area (Å²) in [6.07, 6.45) is 2.50. The number of nitrogens with two attached hydrogens (primary N) is 1. The highest BCUT2D eigenvalue weighted by atomic mass is 32.1. The number of rotatable bonds is 6. The summed E-state index contributed by atoms with van der Waals surface area (Å²) in [6.45, 7) is 5.61. The third-order valence-electron chi connectivity index (χ3n) is 2.87. The van der Waals surface area contributed by atoms with E-state index in [1.807, 2.05) is 12.1 Å². The van der Waals surface area contributed by atoms with Gasteiger partial charge in [0, 0.05) is 24.8 Å². The predicted octanol–water partition coefficient (Wildman–Crippen LogP) is 3.19. The summed E-state index contributed by atoms with van der Waals surface area (Å²) >= 11 is 4.93. The summed E-state index contributed by atoms with van der Waals surface area (Å²) in [5.74, 6) is 0.778. The van der Waals surface area contributed by atoms with Gasteiger partial charge in [-0.3, -0.25) is 0 Å². The Balaban J connectivity index is 2.51. The Labute approximate surface area is 110 Å². The standard InChI is InChI=1S/C14H22N2S/c1-11(2)5-4-10-16(3)13-8-6-12(7-9-13)14(15)17/h6-9,11H,4-5,10H2,1-3H3,(H2,15,17). The molecule has 0 radical (unpaired) electrons. The Morgan fingerprint density at radius 3 is 2.35 bits per heavy atom. The molecule has 94 valence electrons. The third kappa shape index (κ3) is 4.73. The van der Waals surface area contributed by atoms with Crippen LogP contribution >= 0.6 is 12.2 Å². The van der Waals surface area contributed by atoms with Crippen molar-refractivity contribution in [3.8, 4) is 0 Å². The molecular weight excluding hydrogens is 228 g/mol. The lowest BCUT2D eigenvalue weighted by Crippen LogP contribution is -2.19. The normalized spacial score (nSPS) is 10.6. The van der Waals surface area contributed by atoms with Crippen LogP contribution in [0.25, 0.3) is 0 Å². The fourth-order valence-corrected chi connectivity index (χ4v) is 1.88. The first-order valence-corrected chi connectivity index (χ1v) is 6.52. The van der Waals surface area contributed by atoms with Gasteiger partial charge in [0.15, 0.2) is 0 Å². The maximum atomic E-state index is 5.57. The van der Waals surface area contributed by atoms with Crippen molar-refractivity contribution in [1.82, 2.24) is 0 Å². The number of anilines is 1. The van der Waals surface area contributed by atoms with Gasteiger partial charge in [0.2, 0.25) is 0 Å². The molecule has 0 heterocycles. The van der Waals surface area contributed by atoms with Gasteiger partial charge in [-0.05, 0) is 43.0 Å². The van der Waals surface area contributed by atoms with Crippen LogP contribution in [0.15, 0.2) is 24.3 Å². The van der Waals surface area contributed by atoms with Gasteiger partial charge in [-0.25, -0.2) is 0 Å². The van der Waals surface area contributed by atoms with Crippen LogP contribution in [0.3, 0.4) is 0 Å². The second-order valence-corrected chi connectivity index (χ2v) is 5.31. The van der Waals surface area contributed by atoms with Crippen molar-refractivity contribution < 1.29 is 0 Å². The lowest BCUT2D eigenvalue weighted by atomic mass is 10.1. The highest BCUT2D eigenvalue weighted by molar-refractivity contribution is 7.80. The first-order chi connectivity index (χ1) is 8.00. The Hall–Kier alpha value is -1.09. The van der Waals surface area contributed by atoms with Crippen molar-refractivity contribution in [3.05, 3.63) is 29.8 Å². The summed E-state index contributed by atoms with van der Waals surface area (Å²) in [5.41, 5.74) is 7.72. The zero-order valence-corrected chi connectivity index (χ0v) is 11.8. The minimum atomic E-state index is 0.457. The van der Waals surface area contributed by atoms with Gasteiger partial charge in [0.1, 0.15) is 4.99 Å². The van der Waals surface area contributed by atoms with Crippen LogP contribution in [0.1, 0.15) is 32.3 Å². The Morgan fingerprint density at radius 2 is 1.88 bits per heavy atom. The quantitative estimate of drug-likeness (QED) is 0.786. The van der Waals surface area contributed by atoms with E-state index in [0.717, 1.165) is 18.0 Å². The van der Waals surface area contributed by atoms with Crippen LogP contribution in [-0.2, 0) is 0 Å². The number of nitrogens with zero attached hydrogens (tertiary/aromatic N) is 1. The van der Waals surface area contributed by atoms with Crippen LogP contribution in [-0.4, -0.2) is 18.6 Å². The molecule has 0 aromatic heterocycles. The Kier molecular flexibility index (Phi) is 5.42. The van der Waals surface area contributed by atoms with Gasteiger partial charge in [-0.2, -0.15) is 0 Å². The van der Waals surface area contributed by atoms with Crippen molar-refractivity contribution in [2.75, 3.05) is 18.5 Å². The van der Waals surface area contributed by atoms with Crippen molar-refractivity contribution in [3.63, 3.8) is 0 Å². The van der Waals surface area contributed by atoms with Gasteiger partial charge in [-0.1, -0.05) is 26.1 Å². The van der Waals surface area contributed by atoms with E-state index in [2.05, 4.69) is 37.9 Å². The molecule has 0 aliphatic rings. The molecule has 2 N–H and O–H groups in total. The van der Waals surface area contributed by atoms with Crippen LogP contribution in [0.5, 0.6) is 0 Å². The van der Waals surface area contributed by atoms with Gasteiger partial charge in [-0.15, -0.1) is 0 Å². The fraction of sp³-hybridized carbons (Fsp3) is 0.500. The molecule has 0 bridgehead atoms. The van der Waals surface area contributed by atoms with Gasteiger partial charge in [0.05, 0.1) is 0 Å². The summed E-state index contributed by atoms with van der Waals surface area (Å²) in [4.78, 5) is 2.73. The molecule has 0 fully saturated rings. The molecule has 3 heteroatoms. The minimum Gasteiger partial charge on any atom is -0.389 e. The first-order valence-electron chi connectivity index (χ1n) is 6.11. The Bertz CT molecular complexity index is 357. The predicted molar refractivity (Wildman–Crippen MR) is 79.7 cm³/mol. The van der Waals surface area contributed by atoms with E-state index in [0.29, 0.717) is 4.99 Å². The number of hydrogen-bond acceptors (Lipinski definition) is 2. The molecule has 17 heavy (non-hydrogen) atoms. The maximum absolute atomic E-state index is 5.57. The molecule has 0 unspecified atom stereocenters. The number of thiocarbonyl (C=S) groups is 1. The van der Waals surface area contributed by atoms with E-state index in [-0.39, 0.29) is 0 Å². The van der Waals surface area contributed by atoms with E-state index in [4.69, 9.17) is 18.0 Å². The van der Waals surface area contributed by atoms with E-state index >= 15 is 0 Å². The lowest BCUT2D eigenvalue weighted by Gasteiger charge is -2.20. The SMILES string of the molecule is CC(C)CCCN(C)c1ccc(C(N)=S)cc1. The molecule has 0 atom stereocenters. The monoisotopic (exact) mass is 250 g/mol. The maximum Gasteiger partial charge on any atom is 0.103 e. The zero-order valence-electron chi connectivity index (χ0n) is 10.9. The first kappa shape index (κ1) is 14.0. The highest BCUT2D eigenvalue weighted by Crippen LogP contribution is 2.15. The van der Waals surface area contributed by atoms with Crippen LogP contribution < -0.4 is 10.6 Å². The van der Waals surface area contributed by atoms with E-state index < -0.39 is 0 Å². The summed E-state index contributed by atoms with van der Waals surface area (Å²) < 4.78 is 0. The highest BCUT2D eigenvalue weighted by Gasteiger charge is 2.02. The largest absolute Gasteiger partial charge is 0.389 e. The molecule has 0 saturated carbocycles. The van der Waals surface area contributed by atoms with E-state index in [9.17, 15) is 0 Å². The molecule has 0 spiro atoms. The molecule has 1 rings (SSSR count). The fourth-order valence-electron chi connectivity index (χ4n) is 1.75. The molecule has 0 saturated heterocycles. The smallest absolute Gasteiger partial charge is 0.103 e. The van der Waals surface area contributed by atoms with Crippen LogP contribution in [0.4, 0.5) is 5.69 Å². The molecule has 0 amide bonds. The topological polar surface area (TPSA) is 29.3 Å². The van der Waals surface area contributed by atoms with Gasteiger partial charge >= 0.3 is 0 Å². The van der Waals surface area contributed by atoms with E-state index in [1.165, 1.54) is 18.5 Å². The average Bonchev–Trinajstić information content (AvgIpc) is 2.28. The summed E-state index contributed by atoms with van der Waals surface area (Å²) in [5, 5.41) is 0. The second kappa shape index (κ2) is 6.60. The van der Waals surface area contributed by atoms with E-state index in [1.54, 1.807) is 0 Å². The molecule has 1 aromatic rings. The van der Waals surface area contributed by atoms with Crippen molar-refractivity contribution >= 4 is 22.9 Å². The molecule has 0 aliphatic heterocycles. The summed E-state index contributed by atoms with van der Waals surface area (Å²) in [7, 11) is 2.12. The number of hydrogen-bond donors (Lipinski definition) is 1. The minimum absolute atomic E-state index is 0.457. The van der Waals surface area contributed by atoms with Gasteiger partial charge < -0.3 is 10.6 Å². The molecular formula is C14H22N2S. The molecule has 1 aromatic carbocycles. The van der Waals surface area contributed by atoms with Crippen LogP contribution in [0.2, 0.25) is 0 Å². The van der Waals surface area contributed by atoms with Crippen molar-refractivity contribution in [2.45, 2.75) is 26.7 Å². The second-order valence-electron chi connectivity index (χ2n) is 4.87. The van der Waals surface area contributed by atoms with Crippen LogP contribution in [0, 0.1) is 5.92 Å². The van der Waals surface area contributed by atoms with Crippen molar-refractivity contribution in [2.24, 2.45) is 11.7 Å². The van der Waals surface area contributed by atoms with Gasteiger partial charge in [0.25, 0.3) is 0 Å². The summed E-state index contributed by atoms with van der Waals surface area (Å²) in [6, 6.07) is 8.11. The third-order valence-corrected chi connectivity index (χ3v) is 3.10. The Morgan fingerprint density at radius 1 is 1.29 bits per heavy atom. The average molecular weight is 250 g/mol. The zero-order chi connectivity index (χ0) is 12.8. The molecule has 2 nitrogen and oxygen atoms in total. The molecule has 0 aliphatic carbocycles. The number of benzene rings is 1. The van der Waals surface area contributed by atoms with Crippen molar-refractivity contribution in [1.29, 1.82) is 0 Å².